The number of allylic oxidation sites excluding steroid dienone is 6. The Balaban J connectivity index is 1.36. The average Bonchev–Trinajstić information content (AvgIpc) is 3.27. The number of rotatable bonds is 18. The van der Waals surface area contributed by atoms with Gasteiger partial charge in [0, 0.05) is 29.1 Å². The van der Waals surface area contributed by atoms with E-state index in [9.17, 15) is 23.9 Å². The van der Waals surface area contributed by atoms with Crippen molar-refractivity contribution < 1.29 is 37.4 Å². The summed E-state index contributed by atoms with van der Waals surface area (Å²) in [6.07, 6.45) is 19.4. The van der Waals surface area contributed by atoms with Crippen LogP contribution in [0.1, 0.15) is 137 Å². The van der Waals surface area contributed by atoms with Crippen LogP contribution in [0.15, 0.2) is 36.0 Å². The molecule has 276 valence electrons. The van der Waals surface area contributed by atoms with Crippen LogP contribution in [0.3, 0.4) is 0 Å². The minimum Gasteiger partial charge on any atom is -0.449 e. The summed E-state index contributed by atoms with van der Waals surface area (Å²) in [5.74, 6) is -3.24. The third-order valence-corrected chi connectivity index (χ3v) is 13.2. The number of ether oxygens (including phenoxy) is 1. The van der Waals surface area contributed by atoms with Crippen molar-refractivity contribution >= 4 is 28.6 Å². The number of ketones is 1. The van der Waals surface area contributed by atoms with E-state index in [1.54, 1.807) is 13.8 Å². The van der Waals surface area contributed by atoms with Gasteiger partial charge in [-0.1, -0.05) is 90.4 Å². The number of aliphatic hydroxyl groups is 1. The van der Waals surface area contributed by atoms with Gasteiger partial charge < -0.3 is 9.84 Å². The van der Waals surface area contributed by atoms with Crippen molar-refractivity contribution in [1.29, 1.82) is 0 Å². The van der Waals surface area contributed by atoms with E-state index in [1.165, 1.54) is 57.6 Å². The molecule has 3 fully saturated rings. The van der Waals surface area contributed by atoms with Gasteiger partial charge >= 0.3 is 5.97 Å². The van der Waals surface area contributed by atoms with Gasteiger partial charge in [0.25, 0.3) is 0 Å². The Hall–Kier alpha value is -1.87. The summed E-state index contributed by atoms with van der Waals surface area (Å²) < 4.78 is 53.3. The minimum absolute atomic E-state index is 0.0224. The first kappa shape index (κ1) is 39.9. The molecule has 0 spiro atoms. The summed E-state index contributed by atoms with van der Waals surface area (Å²) in [5, 5.41) is 11.0. The molecule has 4 aliphatic rings. The number of hydrogen-bond donors (Lipinski definition) is 1. The van der Waals surface area contributed by atoms with E-state index in [1.807, 2.05) is 0 Å². The molecule has 0 aromatic carbocycles. The second-order valence-corrected chi connectivity index (χ2v) is 16.5. The third kappa shape index (κ3) is 7.68. The van der Waals surface area contributed by atoms with E-state index < -0.39 is 75.0 Å². The zero-order valence-corrected chi connectivity index (χ0v) is 30.9. The van der Waals surface area contributed by atoms with Gasteiger partial charge in [0.15, 0.2) is 17.1 Å². The molecule has 3 saturated carbocycles. The molecule has 0 bridgehead atoms. The number of hydrogen-bond acceptors (Lipinski definition) is 6. The summed E-state index contributed by atoms with van der Waals surface area (Å²) in [5.41, 5.74) is -6.90. The number of unbranched alkanes of at least 4 members (excludes halogenated alkanes) is 11. The Bertz CT molecular complexity index is 1270. The van der Waals surface area contributed by atoms with Gasteiger partial charge in [-0.15, -0.1) is 0 Å². The molecule has 9 heteroatoms. The maximum atomic E-state index is 17.6. The van der Waals surface area contributed by atoms with E-state index in [4.69, 9.17) is 4.74 Å². The number of thioether (sulfide) groups is 1. The fourth-order valence-electron chi connectivity index (χ4n) is 9.95. The lowest BCUT2D eigenvalue weighted by Gasteiger charge is -2.63. The van der Waals surface area contributed by atoms with E-state index >= 15 is 8.78 Å². The molecule has 0 amide bonds. The lowest BCUT2D eigenvalue weighted by molar-refractivity contribution is -0.228. The molecule has 0 saturated heterocycles. The molecule has 2 unspecified atom stereocenters. The summed E-state index contributed by atoms with van der Waals surface area (Å²) in [6.45, 7) is 7.23. The number of alkyl halides is 3. The van der Waals surface area contributed by atoms with Crippen LogP contribution in [0.4, 0.5) is 13.2 Å². The van der Waals surface area contributed by atoms with Gasteiger partial charge in [0.05, 0.1) is 6.10 Å². The average molecular weight is 709 g/mol. The highest BCUT2D eigenvalue weighted by molar-refractivity contribution is 8.13. The van der Waals surface area contributed by atoms with E-state index in [0.717, 1.165) is 44.6 Å². The standard InChI is InChI=1S/C40H59F3O5S/c1-5-6-7-8-9-10-11-12-13-14-15-16-17-18-19-20-35(46)48-40(36(47)49-27-41)28(2)23-30-31-25-33(42)32-24-29(44)21-22-37(32,3)39(31,43)34(45)26-38(30,40)4/h12-13,21-22,24,28,30-31,33-34,45H,5-11,14-20,23,25-27H2,1-4H3/b13-12+/t28-,30?,31?,33+,34+,37+,38+,39+,40+/m1/s1. The molecular formula is C40H59F3O5S. The van der Waals surface area contributed by atoms with Crippen LogP contribution in [-0.2, 0) is 19.1 Å². The maximum Gasteiger partial charge on any atom is 0.306 e. The molecule has 0 aromatic heterocycles. The molecule has 0 aromatic rings. The molecule has 0 aliphatic heterocycles. The van der Waals surface area contributed by atoms with Crippen molar-refractivity contribution in [1.82, 2.24) is 0 Å². The van der Waals surface area contributed by atoms with Crippen LogP contribution in [-0.4, -0.2) is 51.5 Å². The Labute approximate surface area is 296 Å². The van der Waals surface area contributed by atoms with Gasteiger partial charge in [-0.2, -0.15) is 0 Å². The second-order valence-electron chi connectivity index (χ2n) is 15.6. The summed E-state index contributed by atoms with van der Waals surface area (Å²) in [4.78, 5) is 39.4. The molecule has 1 N–H and O–H groups in total. The lowest BCUT2D eigenvalue weighted by Crippen LogP contribution is -2.70. The largest absolute Gasteiger partial charge is 0.449 e. The highest BCUT2D eigenvalue weighted by Gasteiger charge is 2.78. The van der Waals surface area contributed by atoms with Crippen molar-refractivity contribution in [3.05, 3.63) is 36.0 Å². The molecular weight excluding hydrogens is 649 g/mol. The van der Waals surface area contributed by atoms with E-state index in [2.05, 4.69) is 19.1 Å². The number of carbonyl (C=O) groups is 3. The van der Waals surface area contributed by atoms with Crippen molar-refractivity contribution in [2.45, 2.75) is 160 Å². The van der Waals surface area contributed by atoms with Crippen molar-refractivity contribution in [2.24, 2.45) is 28.6 Å². The second kappa shape index (κ2) is 17.1. The van der Waals surface area contributed by atoms with Gasteiger partial charge in [-0.05, 0) is 93.7 Å². The van der Waals surface area contributed by atoms with Crippen LogP contribution in [0.5, 0.6) is 0 Å². The molecule has 49 heavy (non-hydrogen) atoms. The zero-order valence-electron chi connectivity index (χ0n) is 30.1. The smallest absolute Gasteiger partial charge is 0.306 e. The van der Waals surface area contributed by atoms with Crippen LogP contribution in [0, 0.1) is 28.6 Å². The molecule has 0 heterocycles. The van der Waals surface area contributed by atoms with Gasteiger partial charge in [-0.3, -0.25) is 14.4 Å². The zero-order chi connectivity index (χ0) is 35.9. The quantitative estimate of drug-likeness (QED) is 0.0868. The van der Waals surface area contributed by atoms with Gasteiger partial charge in [-0.25, -0.2) is 13.2 Å². The lowest BCUT2D eigenvalue weighted by atomic mass is 9.44. The highest BCUT2D eigenvalue weighted by Crippen LogP contribution is 2.72. The normalized spacial score (nSPS) is 36.7. The topological polar surface area (TPSA) is 80.7 Å². The Morgan fingerprint density at radius 3 is 2.22 bits per heavy atom. The third-order valence-electron chi connectivity index (χ3n) is 12.6. The first-order valence-electron chi connectivity index (χ1n) is 18.9. The number of esters is 1. The monoisotopic (exact) mass is 708 g/mol. The van der Waals surface area contributed by atoms with Crippen molar-refractivity contribution in [3.63, 3.8) is 0 Å². The van der Waals surface area contributed by atoms with Crippen LogP contribution >= 0.6 is 11.8 Å². The Morgan fingerprint density at radius 1 is 0.980 bits per heavy atom. The predicted molar refractivity (Wildman–Crippen MR) is 190 cm³/mol. The molecule has 4 rings (SSSR count). The summed E-state index contributed by atoms with van der Waals surface area (Å²) in [6, 6.07) is -1.02. The van der Waals surface area contributed by atoms with E-state index in [0.29, 0.717) is 18.2 Å². The van der Waals surface area contributed by atoms with Crippen LogP contribution in [0.25, 0.3) is 0 Å². The SMILES string of the molecule is CCCCCCCC/C=C/CCCCCCCC(=O)O[C@]1(C(=O)SCF)[C@H](C)CC2C3C[C@H](F)C4=CC(=O)C=C[C@]4(C)[C@@]3(F)[C@@H](O)C[C@@]21C. The summed E-state index contributed by atoms with van der Waals surface area (Å²) in [7, 11) is 0. The Morgan fingerprint density at radius 2 is 1.59 bits per heavy atom. The van der Waals surface area contributed by atoms with Crippen molar-refractivity contribution in [2.75, 3.05) is 6.01 Å². The number of carbonyl (C=O) groups excluding carboxylic acids is 3. The molecule has 5 nitrogen and oxygen atoms in total. The number of halogens is 3. The molecule has 4 aliphatic carbocycles. The first-order valence-corrected chi connectivity index (χ1v) is 19.9. The van der Waals surface area contributed by atoms with E-state index in [-0.39, 0.29) is 31.3 Å². The van der Waals surface area contributed by atoms with Gasteiger partial charge in [0.2, 0.25) is 5.12 Å². The minimum atomic E-state index is -2.32. The fraction of sp³-hybridized carbons (Fsp3) is 0.775. The fourth-order valence-corrected chi connectivity index (χ4v) is 10.7. The summed E-state index contributed by atoms with van der Waals surface area (Å²) >= 11 is 0.429. The Kier molecular flexibility index (Phi) is 13.9. The van der Waals surface area contributed by atoms with Crippen molar-refractivity contribution in [3.8, 4) is 0 Å². The van der Waals surface area contributed by atoms with Crippen LogP contribution < -0.4 is 0 Å². The number of fused-ring (bicyclic) bond motifs is 5. The molecule has 0 radical (unpaired) electrons. The number of aliphatic hydroxyl groups excluding tert-OH is 1. The van der Waals surface area contributed by atoms with Crippen LogP contribution in [0.2, 0.25) is 0 Å². The van der Waals surface area contributed by atoms with Gasteiger partial charge in [0.1, 0.15) is 12.2 Å². The first-order chi connectivity index (χ1) is 23.3. The maximum absolute atomic E-state index is 17.6. The molecule has 9 atom stereocenters. The predicted octanol–water partition coefficient (Wildman–Crippen LogP) is 10.1. The highest BCUT2D eigenvalue weighted by atomic mass is 32.2.